The summed E-state index contributed by atoms with van der Waals surface area (Å²) in [6.07, 6.45) is 0.851. The number of hydrogen-bond acceptors (Lipinski definition) is 2. The first kappa shape index (κ1) is 16.0. The first-order valence-corrected chi connectivity index (χ1v) is 5.98. The van der Waals surface area contributed by atoms with Crippen molar-refractivity contribution in [2.45, 2.75) is 66.0 Å². The monoisotopic (exact) mass is 226 g/mol. The Labute approximate surface area is 102 Å². The Morgan fingerprint density at radius 3 is 1.75 bits per heavy atom. The summed E-state index contributed by atoms with van der Waals surface area (Å²) in [6.45, 7) is 15.8. The summed E-state index contributed by atoms with van der Waals surface area (Å²) in [5, 5.41) is 0. The fourth-order valence-corrected chi connectivity index (χ4v) is 1.04. The van der Waals surface area contributed by atoms with Gasteiger partial charge in [0.05, 0.1) is 12.2 Å². The van der Waals surface area contributed by atoms with E-state index in [0.29, 0.717) is 6.61 Å². The molecule has 0 unspecified atom stereocenters. The van der Waals surface area contributed by atoms with Crippen molar-refractivity contribution in [3.8, 4) is 0 Å². The molecule has 94 valence electrons. The molecule has 0 spiro atoms. The molecule has 0 rings (SSSR count). The highest BCUT2D eigenvalue weighted by atomic mass is 16.5. The first-order chi connectivity index (χ1) is 6.91. The van der Waals surface area contributed by atoms with Crippen molar-refractivity contribution in [1.82, 2.24) is 0 Å². The van der Waals surface area contributed by atoms with E-state index in [0.717, 1.165) is 13.0 Å². The Bertz CT molecular complexity index is 199. The van der Waals surface area contributed by atoms with E-state index in [-0.39, 0.29) is 11.0 Å². The molecule has 0 aliphatic carbocycles. The van der Waals surface area contributed by atoms with Crippen molar-refractivity contribution in [2.24, 2.45) is 5.41 Å². The molecular formula is C13H27BO2. The molecular weight excluding hydrogens is 199 g/mol. The maximum absolute atomic E-state index is 5.89. The predicted molar refractivity (Wildman–Crippen MR) is 69.9 cm³/mol. The third-order valence-corrected chi connectivity index (χ3v) is 2.07. The molecule has 0 aliphatic heterocycles. The second-order valence-electron chi connectivity index (χ2n) is 6.81. The van der Waals surface area contributed by atoms with Crippen LogP contribution in [0.15, 0.2) is 0 Å². The van der Waals surface area contributed by atoms with Crippen LogP contribution < -0.4 is 0 Å². The van der Waals surface area contributed by atoms with E-state index in [4.69, 9.17) is 17.3 Å². The molecule has 16 heavy (non-hydrogen) atoms. The lowest BCUT2D eigenvalue weighted by molar-refractivity contribution is -0.0753. The summed E-state index contributed by atoms with van der Waals surface area (Å²) in [5.74, 6) is 0. The highest BCUT2D eigenvalue weighted by Gasteiger charge is 2.22. The zero-order chi connectivity index (χ0) is 13.0. The van der Waals surface area contributed by atoms with E-state index >= 15 is 0 Å². The highest BCUT2D eigenvalue weighted by Crippen LogP contribution is 2.21. The van der Waals surface area contributed by atoms with Gasteiger partial charge in [-0.05, 0) is 39.5 Å². The summed E-state index contributed by atoms with van der Waals surface area (Å²) in [5.41, 5.74) is -0.510. The van der Waals surface area contributed by atoms with Crippen LogP contribution >= 0.6 is 0 Å². The lowest BCUT2D eigenvalue weighted by atomic mass is 9.86. The Kier molecular flexibility index (Phi) is 5.54. The fraction of sp³-hybridized carbons (Fsp3) is 1.00. The van der Waals surface area contributed by atoms with Crippen LogP contribution in [0.3, 0.4) is 0 Å². The summed E-state index contributed by atoms with van der Waals surface area (Å²) in [6, 6.07) is 0. The van der Waals surface area contributed by atoms with Gasteiger partial charge in [0.25, 0.3) is 0 Å². The molecule has 0 saturated heterocycles. The molecule has 0 aromatic heterocycles. The zero-order valence-corrected chi connectivity index (χ0v) is 12.0. The number of rotatable bonds is 6. The quantitative estimate of drug-likeness (QED) is 0.648. The minimum Gasteiger partial charge on any atom is -0.385 e. The second-order valence-corrected chi connectivity index (χ2v) is 6.81. The van der Waals surface area contributed by atoms with Gasteiger partial charge in [-0.15, -0.1) is 0 Å². The van der Waals surface area contributed by atoms with Crippen LogP contribution in [0.2, 0.25) is 0 Å². The van der Waals surface area contributed by atoms with E-state index in [1.807, 2.05) is 13.8 Å². The third kappa shape index (κ3) is 10.5. The summed E-state index contributed by atoms with van der Waals surface area (Å²) in [7, 11) is 5.74. The number of hydrogen-bond donors (Lipinski definition) is 0. The lowest BCUT2D eigenvalue weighted by Gasteiger charge is -2.31. The molecule has 2 nitrogen and oxygen atoms in total. The third-order valence-electron chi connectivity index (χ3n) is 2.07. The van der Waals surface area contributed by atoms with Crippen LogP contribution in [0.5, 0.6) is 0 Å². The molecule has 0 aliphatic rings. The minimum absolute atomic E-state index is 0.154. The summed E-state index contributed by atoms with van der Waals surface area (Å²) in [4.78, 5) is 0. The van der Waals surface area contributed by atoms with Crippen molar-refractivity contribution in [1.29, 1.82) is 0 Å². The molecule has 0 bridgehead atoms. The van der Waals surface area contributed by atoms with Crippen molar-refractivity contribution >= 4 is 7.85 Å². The zero-order valence-electron chi connectivity index (χ0n) is 12.0. The normalized spacial score (nSPS) is 14.2. The number of ether oxygens (including phenoxy) is 2. The Balaban J connectivity index is 3.88. The van der Waals surface area contributed by atoms with Gasteiger partial charge in [0.2, 0.25) is 0 Å². The molecule has 0 atom stereocenters. The fourth-order valence-electron chi connectivity index (χ4n) is 1.04. The van der Waals surface area contributed by atoms with E-state index in [9.17, 15) is 0 Å². The Hall–Kier alpha value is -0.0151. The standard InChI is InChI=1S/C13H27BO2/c1-11(2,3)10-16-12(4,5)8-9-15-13(6,7)14/h8-10H2,1-7H3. The molecule has 0 amide bonds. The minimum atomic E-state index is -0.555. The van der Waals surface area contributed by atoms with Gasteiger partial charge in [-0.2, -0.15) is 0 Å². The topological polar surface area (TPSA) is 18.5 Å². The lowest BCUT2D eigenvalue weighted by Crippen LogP contribution is -2.33. The smallest absolute Gasteiger partial charge is 0.112 e. The van der Waals surface area contributed by atoms with Gasteiger partial charge in [0.15, 0.2) is 0 Å². The summed E-state index contributed by atoms with van der Waals surface area (Å²) >= 11 is 0. The predicted octanol–water partition coefficient (Wildman–Crippen LogP) is 3.14. The van der Waals surface area contributed by atoms with Gasteiger partial charge in [0, 0.05) is 12.1 Å². The molecule has 0 fully saturated rings. The van der Waals surface area contributed by atoms with Crippen molar-refractivity contribution < 1.29 is 9.47 Å². The first-order valence-electron chi connectivity index (χ1n) is 5.98. The van der Waals surface area contributed by atoms with Gasteiger partial charge in [0.1, 0.15) is 7.85 Å². The van der Waals surface area contributed by atoms with Gasteiger partial charge < -0.3 is 9.47 Å². The van der Waals surface area contributed by atoms with Crippen LogP contribution in [-0.4, -0.2) is 32.2 Å². The highest BCUT2D eigenvalue weighted by molar-refractivity contribution is 6.13. The Morgan fingerprint density at radius 1 is 0.875 bits per heavy atom. The van der Waals surface area contributed by atoms with Crippen LogP contribution in [-0.2, 0) is 9.47 Å². The van der Waals surface area contributed by atoms with Gasteiger partial charge in [-0.25, -0.2) is 0 Å². The molecule has 0 aromatic carbocycles. The Morgan fingerprint density at radius 2 is 1.38 bits per heavy atom. The van der Waals surface area contributed by atoms with Crippen molar-refractivity contribution in [3.63, 3.8) is 0 Å². The van der Waals surface area contributed by atoms with Crippen molar-refractivity contribution in [3.05, 3.63) is 0 Å². The van der Waals surface area contributed by atoms with Gasteiger partial charge >= 0.3 is 0 Å². The molecule has 0 saturated carbocycles. The molecule has 3 heteroatoms. The maximum Gasteiger partial charge on any atom is 0.112 e. The van der Waals surface area contributed by atoms with Crippen molar-refractivity contribution in [2.75, 3.05) is 13.2 Å². The van der Waals surface area contributed by atoms with Gasteiger partial charge in [-0.3, -0.25) is 0 Å². The van der Waals surface area contributed by atoms with E-state index in [1.165, 1.54) is 0 Å². The molecule has 0 heterocycles. The molecule has 0 aromatic rings. The van der Waals surface area contributed by atoms with Gasteiger partial charge in [-0.1, -0.05) is 20.8 Å². The van der Waals surface area contributed by atoms with E-state index < -0.39 is 5.50 Å². The van der Waals surface area contributed by atoms with E-state index in [1.54, 1.807) is 0 Å². The average Bonchev–Trinajstić information content (AvgIpc) is 1.97. The van der Waals surface area contributed by atoms with E-state index in [2.05, 4.69) is 34.6 Å². The molecule has 2 radical (unpaired) electrons. The average molecular weight is 226 g/mol. The largest absolute Gasteiger partial charge is 0.385 e. The van der Waals surface area contributed by atoms with Crippen LogP contribution in [0, 0.1) is 5.41 Å². The second kappa shape index (κ2) is 5.55. The molecule has 0 N–H and O–H groups in total. The van der Waals surface area contributed by atoms with Crippen LogP contribution in [0.1, 0.15) is 54.9 Å². The SMILES string of the molecule is [B]C(C)(C)OCCC(C)(C)OCC(C)(C)C. The summed E-state index contributed by atoms with van der Waals surface area (Å²) < 4.78 is 11.4. The van der Waals surface area contributed by atoms with Crippen LogP contribution in [0.25, 0.3) is 0 Å². The van der Waals surface area contributed by atoms with Crippen LogP contribution in [0.4, 0.5) is 0 Å². The maximum atomic E-state index is 5.89.